The maximum Gasteiger partial charge on any atom is 0.158 e. The fraction of sp³-hybridized carbons (Fsp3) is 0.0556. The van der Waals surface area contributed by atoms with Gasteiger partial charge in [0.05, 0.1) is 17.9 Å². The number of hydrogen-bond acceptors (Lipinski definition) is 5. The van der Waals surface area contributed by atoms with Gasteiger partial charge in [-0.15, -0.1) is 0 Å². The van der Waals surface area contributed by atoms with Crippen molar-refractivity contribution < 1.29 is 8.83 Å². The van der Waals surface area contributed by atoms with E-state index >= 15 is 0 Å². The lowest BCUT2D eigenvalue weighted by atomic mass is 10.0. The Kier molecular flexibility index (Phi) is 4.66. The molecule has 2 aromatic heterocycles. The third-order valence-electron chi connectivity index (χ3n) is 8.36. The summed E-state index contributed by atoms with van der Waals surface area (Å²) < 4.78 is 12.9. The van der Waals surface area contributed by atoms with E-state index in [1.54, 1.807) is 0 Å². The number of rotatable bonds is 3. The number of para-hydroxylation sites is 1. The van der Waals surface area contributed by atoms with Crippen LogP contribution in [0.1, 0.15) is 11.3 Å². The first-order valence-corrected chi connectivity index (χ1v) is 13.9. The molecular formula is C36H25N3O2. The minimum atomic E-state index is 0.622. The third kappa shape index (κ3) is 3.29. The smallest absolute Gasteiger partial charge is 0.158 e. The summed E-state index contributed by atoms with van der Waals surface area (Å²) in [7, 11) is 0. The monoisotopic (exact) mass is 531 g/mol. The second-order valence-corrected chi connectivity index (χ2v) is 10.6. The van der Waals surface area contributed by atoms with Crippen LogP contribution in [-0.4, -0.2) is 6.54 Å². The molecule has 0 bridgehead atoms. The highest BCUT2D eigenvalue weighted by atomic mass is 16.3. The lowest BCUT2D eigenvalue weighted by Gasteiger charge is -2.29. The molecule has 2 aliphatic rings. The molecule has 0 spiro atoms. The maximum atomic E-state index is 6.58. The van der Waals surface area contributed by atoms with Crippen LogP contribution in [0.3, 0.4) is 0 Å². The summed E-state index contributed by atoms with van der Waals surface area (Å²) in [5, 5.41) is 15.1. The van der Waals surface area contributed by atoms with Gasteiger partial charge in [-0.1, -0.05) is 66.7 Å². The van der Waals surface area contributed by atoms with Crippen LogP contribution in [-0.2, 0) is 6.54 Å². The predicted octanol–water partition coefficient (Wildman–Crippen LogP) is 6.85. The van der Waals surface area contributed by atoms with Gasteiger partial charge in [0.25, 0.3) is 0 Å². The van der Waals surface area contributed by atoms with Crippen molar-refractivity contribution in [3.8, 4) is 0 Å². The Morgan fingerprint density at radius 2 is 1.49 bits per heavy atom. The topological polar surface area (TPSA) is 53.6 Å². The molecule has 0 saturated carbocycles. The number of nitrogens with zero attached hydrogens (tertiary/aromatic N) is 1. The molecule has 5 aromatic carbocycles. The first kappa shape index (κ1) is 22.4. The van der Waals surface area contributed by atoms with Crippen molar-refractivity contribution >= 4 is 72.8 Å². The average Bonchev–Trinajstić information content (AvgIpc) is 3.60. The van der Waals surface area contributed by atoms with Gasteiger partial charge in [-0.2, -0.15) is 0 Å². The molecule has 0 radical (unpaired) electrons. The normalized spacial score (nSPS) is 14.1. The summed E-state index contributed by atoms with van der Waals surface area (Å²) in [5.41, 5.74) is 6.99. The number of fused-ring (bicyclic) bond motifs is 9. The number of benzene rings is 5. The Bertz CT molecular complexity index is 2340. The third-order valence-corrected chi connectivity index (χ3v) is 8.36. The molecule has 41 heavy (non-hydrogen) atoms. The number of nitrogens with one attached hydrogen (secondary N) is 2. The van der Waals surface area contributed by atoms with Crippen LogP contribution < -0.4 is 26.2 Å². The minimum absolute atomic E-state index is 0.622. The molecule has 0 fully saturated rings. The quantitative estimate of drug-likeness (QED) is 0.244. The second kappa shape index (κ2) is 8.54. The summed E-state index contributed by atoms with van der Waals surface area (Å²) >= 11 is 0. The molecule has 196 valence electrons. The minimum Gasteiger partial charge on any atom is -0.456 e. The van der Waals surface area contributed by atoms with Crippen molar-refractivity contribution in [1.29, 1.82) is 0 Å². The summed E-state index contributed by atoms with van der Waals surface area (Å²) in [5.74, 6) is 0.903. The molecular weight excluding hydrogens is 506 g/mol. The molecule has 4 heterocycles. The Balaban J connectivity index is 1.38. The Hall–Kier alpha value is -5.42. The first-order chi connectivity index (χ1) is 20.3. The first-order valence-electron chi connectivity index (χ1n) is 13.9. The molecule has 2 aliphatic heterocycles. The van der Waals surface area contributed by atoms with Crippen LogP contribution in [0.4, 0.5) is 11.4 Å². The van der Waals surface area contributed by atoms with Crippen molar-refractivity contribution in [3.63, 3.8) is 0 Å². The highest BCUT2D eigenvalue weighted by Gasteiger charge is 2.26. The van der Waals surface area contributed by atoms with E-state index in [2.05, 4.69) is 107 Å². The van der Waals surface area contributed by atoms with Crippen molar-refractivity contribution in [3.05, 3.63) is 125 Å². The Labute approximate surface area is 235 Å². The number of anilines is 2. The van der Waals surface area contributed by atoms with Crippen molar-refractivity contribution in [2.45, 2.75) is 6.54 Å². The fourth-order valence-electron chi connectivity index (χ4n) is 6.52. The lowest BCUT2D eigenvalue weighted by molar-refractivity contribution is 0.566. The van der Waals surface area contributed by atoms with Gasteiger partial charge in [0.1, 0.15) is 16.9 Å². The summed E-state index contributed by atoms with van der Waals surface area (Å²) in [6.07, 6.45) is 6.03. The predicted molar refractivity (Wildman–Crippen MR) is 167 cm³/mol. The van der Waals surface area contributed by atoms with E-state index in [1.807, 2.05) is 24.4 Å². The zero-order valence-electron chi connectivity index (χ0n) is 22.1. The van der Waals surface area contributed by atoms with E-state index in [0.29, 0.717) is 13.1 Å². The molecule has 0 unspecified atom stereocenters. The van der Waals surface area contributed by atoms with Gasteiger partial charge >= 0.3 is 0 Å². The summed E-state index contributed by atoms with van der Waals surface area (Å²) in [6, 6.07) is 34.3. The maximum absolute atomic E-state index is 6.58. The van der Waals surface area contributed by atoms with Crippen LogP contribution in [0.2, 0.25) is 0 Å². The van der Waals surface area contributed by atoms with E-state index in [9.17, 15) is 0 Å². The van der Waals surface area contributed by atoms with Gasteiger partial charge in [0.2, 0.25) is 0 Å². The zero-order valence-corrected chi connectivity index (χ0v) is 22.1. The van der Waals surface area contributed by atoms with Gasteiger partial charge in [0, 0.05) is 46.2 Å². The van der Waals surface area contributed by atoms with E-state index < -0.39 is 0 Å². The van der Waals surface area contributed by atoms with Crippen molar-refractivity contribution in [2.75, 3.05) is 11.4 Å². The highest BCUT2D eigenvalue weighted by Crippen LogP contribution is 2.42. The van der Waals surface area contributed by atoms with E-state index in [0.717, 1.165) is 61.0 Å². The van der Waals surface area contributed by atoms with Gasteiger partial charge in [-0.25, -0.2) is 0 Å². The second-order valence-electron chi connectivity index (χ2n) is 10.6. The lowest BCUT2D eigenvalue weighted by Crippen LogP contribution is -2.40. The number of furan rings is 2. The van der Waals surface area contributed by atoms with Crippen LogP contribution in [0, 0.1) is 0 Å². The molecule has 7 aromatic rings. The molecule has 0 aliphatic carbocycles. The van der Waals surface area contributed by atoms with Crippen molar-refractivity contribution in [2.24, 2.45) is 0 Å². The molecule has 0 amide bonds. The Morgan fingerprint density at radius 3 is 2.46 bits per heavy atom. The molecule has 0 atom stereocenters. The van der Waals surface area contributed by atoms with E-state index in [4.69, 9.17) is 8.83 Å². The van der Waals surface area contributed by atoms with Crippen LogP contribution >= 0.6 is 0 Å². The van der Waals surface area contributed by atoms with Crippen molar-refractivity contribution in [1.82, 2.24) is 10.6 Å². The molecule has 2 N–H and O–H groups in total. The average molecular weight is 532 g/mol. The molecule has 9 rings (SSSR count). The molecule has 5 nitrogen and oxygen atoms in total. The molecule has 5 heteroatoms. The van der Waals surface area contributed by atoms with Crippen LogP contribution in [0.25, 0.3) is 61.5 Å². The summed E-state index contributed by atoms with van der Waals surface area (Å²) in [6.45, 7) is 1.34. The van der Waals surface area contributed by atoms with E-state index in [1.165, 1.54) is 21.5 Å². The zero-order chi connectivity index (χ0) is 26.9. The standard InChI is InChI=1S/C36H25N3O2/c1-2-7-25-22(6-1)12-13-23-18-24(14-15-26(23)25)39(30-9-5-11-34-35(30)29-20-37-17-16-33(29)40-34)31-21-38-19-28-27-8-3-4-10-32(27)41-36(28)31/h1-19,37-38H,20-21H2. The van der Waals surface area contributed by atoms with E-state index in [-0.39, 0.29) is 0 Å². The van der Waals surface area contributed by atoms with Crippen LogP contribution in [0.15, 0.2) is 112 Å². The number of hydrogen-bond donors (Lipinski definition) is 2. The van der Waals surface area contributed by atoms with Gasteiger partial charge in [0.15, 0.2) is 5.42 Å². The largest absolute Gasteiger partial charge is 0.456 e. The summed E-state index contributed by atoms with van der Waals surface area (Å²) in [4.78, 5) is 2.35. The highest BCUT2D eigenvalue weighted by molar-refractivity contribution is 6.09. The molecule has 0 saturated heterocycles. The van der Waals surface area contributed by atoms with Gasteiger partial charge in [-0.3, -0.25) is 0 Å². The SMILES string of the molecule is C1=Cc2oc3cccc(N(C4=c5oc6ccccc6c5=CNC4)c4ccc5c(ccc6ccccc65)c4)c3c2CN1. The van der Waals surface area contributed by atoms with Crippen LogP contribution in [0.5, 0.6) is 0 Å². The Morgan fingerprint density at radius 1 is 0.659 bits per heavy atom. The van der Waals surface area contributed by atoms with Gasteiger partial charge < -0.3 is 24.4 Å². The fourth-order valence-corrected chi connectivity index (χ4v) is 6.52. The van der Waals surface area contributed by atoms with Gasteiger partial charge in [-0.05, 0) is 58.0 Å².